The van der Waals surface area contributed by atoms with Gasteiger partial charge >= 0.3 is 0 Å². The normalized spacial score (nSPS) is 20.3. The Morgan fingerprint density at radius 2 is 2.12 bits per heavy atom. The van der Waals surface area contributed by atoms with Gasteiger partial charge in [-0.25, -0.2) is 0 Å². The first kappa shape index (κ1) is 9.91. The standard InChI is InChI=1S/C14H18N2/c1-15(2)13-7-6-11-4-3-5-12-8-9-16(10-13)14(11)12/h3-5,8-9,13H,6-7,10H2,1-2H3/t13-/m1/s1. The van der Waals surface area contributed by atoms with Crippen LogP contribution in [-0.4, -0.2) is 29.6 Å². The van der Waals surface area contributed by atoms with Crippen LogP contribution < -0.4 is 0 Å². The first-order valence-electron chi connectivity index (χ1n) is 5.99. The number of rotatable bonds is 1. The van der Waals surface area contributed by atoms with Crippen LogP contribution in [0.25, 0.3) is 10.9 Å². The van der Waals surface area contributed by atoms with E-state index in [1.807, 2.05) is 0 Å². The lowest BCUT2D eigenvalue weighted by molar-refractivity contribution is 0.256. The van der Waals surface area contributed by atoms with Crippen LogP contribution in [0.15, 0.2) is 30.5 Å². The van der Waals surface area contributed by atoms with E-state index >= 15 is 0 Å². The Labute approximate surface area is 96.5 Å². The molecule has 0 saturated heterocycles. The molecule has 16 heavy (non-hydrogen) atoms. The Balaban J connectivity index is 2.12. The summed E-state index contributed by atoms with van der Waals surface area (Å²) in [4.78, 5) is 2.34. The van der Waals surface area contributed by atoms with Gasteiger partial charge in [-0.05, 0) is 44.0 Å². The summed E-state index contributed by atoms with van der Waals surface area (Å²) in [6, 6.07) is 9.56. The molecule has 0 saturated carbocycles. The van der Waals surface area contributed by atoms with E-state index in [0.29, 0.717) is 6.04 Å². The van der Waals surface area contributed by atoms with Crippen molar-refractivity contribution in [3.05, 3.63) is 36.0 Å². The van der Waals surface area contributed by atoms with E-state index in [0.717, 1.165) is 6.54 Å². The van der Waals surface area contributed by atoms with Gasteiger partial charge in [0, 0.05) is 18.8 Å². The first-order valence-corrected chi connectivity index (χ1v) is 5.99. The molecule has 2 aromatic rings. The van der Waals surface area contributed by atoms with E-state index in [9.17, 15) is 0 Å². The van der Waals surface area contributed by atoms with Crippen LogP contribution >= 0.6 is 0 Å². The van der Waals surface area contributed by atoms with Gasteiger partial charge in [0.05, 0.1) is 5.52 Å². The first-order chi connectivity index (χ1) is 7.75. The summed E-state index contributed by atoms with van der Waals surface area (Å²) in [6.07, 6.45) is 4.69. The van der Waals surface area contributed by atoms with Gasteiger partial charge in [-0.2, -0.15) is 0 Å². The maximum Gasteiger partial charge on any atom is 0.0513 e. The highest BCUT2D eigenvalue weighted by atomic mass is 15.1. The molecule has 0 unspecified atom stereocenters. The molecule has 1 aromatic carbocycles. The van der Waals surface area contributed by atoms with Crippen molar-refractivity contribution >= 4 is 10.9 Å². The SMILES string of the molecule is CN(C)[C@@H]1CCc2cccc3ccn(c23)C1. The number of aryl methyl sites for hydroxylation is 1. The summed E-state index contributed by atoms with van der Waals surface area (Å²) in [5, 5.41) is 1.39. The number of para-hydroxylation sites is 1. The average Bonchev–Trinajstić information content (AvgIpc) is 2.56. The Morgan fingerprint density at radius 3 is 2.94 bits per heavy atom. The molecular weight excluding hydrogens is 196 g/mol. The van der Waals surface area contributed by atoms with Crippen molar-refractivity contribution < 1.29 is 0 Å². The fourth-order valence-corrected chi connectivity index (χ4v) is 2.76. The molecule has 84 valence electrons. The van der Waals surface area contributed by atoms with E-state index < -0.39 is 0 Å². The predicted molar refractivity (Wildman–Crippen MR) is 67.7 cm³/mol. The lowest BCUT2D eigenvalue weighted by atomic mass is 10.0. The van der Waals surface area contributed by atoms with E-state index in [-0.39, 0.29) is 0 Å². The Morgan fingerprint density at radius 1 is 1.25 bits per heavy atom. The summed E-state index contributed by atoms with van der Waals surface area (Å²) in [6.45, 7) is 1.12. The third-order valence-corrected chi connectivity index (χ3v) is 3.76. The third kappa shape index (κ3) is 1.45. The highest BCUT2D eigenvalue weighted by Gasteiger charge is 2.18. The van der Waals surface area contributed by atoms with Crippen molar-refractivity contribution in [1.29, 1.82) is 0 Å². The van der Waals surface area contributed by atoms with Crippen molar-refractivity contribution in [2.24, 2.45) is 0 Å². The summed E-state index contributed by atoms with van der Waals surface area (Å²) in [5.41, 5.74) is 2.96. The zero-order chi connectivity index (χ0) is 11.1. The highest BCUT2D eigenvalue weighted by Crippen LogP contribution is 2.26. The van der Waals surface area contributed by atoms with Crippen LogP contribution in [0.5, 0.6) is 0 Å². The minimum absolute atomic E-state index is 0.656. The molecule has 0 radical (unpaired) electrons. The van der Waals surface area contributed by atoms with Crippen molar-refractivity contribution in [3.8, 4) is 0 Å². The Bertz CT molecular complexity index is 510. The van der Waals surface area contributed by atoms with E-state index in [4.69, 9.17) is 0 Å². The summed E-state index contributed by atoms with van der Waals surface area (Å²) in [5.74, 6) is 0. The largest absolute Gasteiger partial charge is 0.346 e. The van der Waals surface area contributed by atoms with Gasteiger partial charge in [0.25, 0.3) is 0 Å². The maximum atomic E-state index is 2.42. The molecule has 3 rings (SSSR count). The second-order valence-corrected chi connectivity index (χ2v) is 4.98. The van der Waals surface area contributed by atoms with Gasteiger partial charge < -0.3 is 9.47 Å². The highest BCUT2D eigenvalue weighted by molar-refractivity contribution is 5.83. The van der Waals surface area contributed by atoms with Crippen molar-refractivity contribution in [1.82, 2.24) is 9.47 Å². The van der Waals surface area contributed by atoms with Gasteiger partial charge in [-0.1, -0.05) is 18.2 Å². The maximum absolute atomic E-state index is 2.42. The quantitative estimate of drug-likeness (QED) is 0.708. The second kappa shape index (κ2) is 3.63. The van der Waals surface area contributed by atoms with Crippen LogP contribution in [0.3, 0.4) is 0 Å². The van der Waals surface area contributed by atoms with Crippen LogP contribution in [0.2, 0.25) is 0 Å². The molecule has 1 aromatic heterocycles. The van der Waals surface area contributed by atoms with Crippen LogP contribution in [0.1, 0.15) is 12.0 Å². The number of hydrogen-bond acceptors (Lipinski definition) is 1. The molecule has 0 fully saturated rings. The van der Waals surface area contributed by atoms with Gasteiger partial charge in [-0.3, -0.25) is 0 Å². The fraction of sp³-hybridized carbons (Fsp3) is 0.429. The van der Waals surface area contributed by atoms with Crippen molar-refractivity contribution in [2.75, 3.05) is 14.1 Å². The lowest BCUT2D eigenvalue weighted by Crippen LogP contribution is -2.31. The van der Waals surface area contributed by atoms with Crippen molar-refractivity contribution in [3.63, 3.8) is 0 Å². The lowest BCUT2D eigenvalue weighted by Gasteiger charge is -2.23. The molecule has 0 spiro atoms. The molecule has 0 aliphatic carbocycles. The van der Waals surface area contributed by atoms with Gasteiger partial charge in [0.1, 0.15) is 0 Å². The molecule has 0 N–H and O–H groups in total. The van der Waals surface area contributed by atoms with E-state index in [2.05, 4.69) is 54.0 Å². The van der Waals surface area contributed by atoms with Gasteiger partial charge in [0.15, 0.2) is 0 Å². The molecule has 1 atom stereocenters. The van der Waals surface area contributed by atoms with Gasteiger partial charge in [-0.15, -0.1) is 0 Å². The molecular formula is C14H18N2. The topological polar surface area (TPSA) is 8.17 Å². The Hall–Kier alpha value is -1.28. The minimum Gasteiger partial charge on any atom is -0.346 e. The molecule has 0 bridgehead atoms. The molecule has 2 heteroatoms. The fourth-order valence-electron chi connectivity index (χ4n) is 2.76. The number of likely N-dealkylation sites (N-methyl/N-ethyl adjacent to an activating group) is 1. The summed E-state index contributed by atoms with van der Waals surface area (Å²) in [7, 11) is 4.36. The van der Waals surface area contributed by atoms with Gasteiger partial charge in [0.2, 0.25) is 0 Å². The number of hydrogen-bond donors (Lipinski definition) is 0. The minimum atomic E-state index is 0.656. The number of aromatic nitrogens is 1. The zero-order valence-electron chi connectivity index (χ0n) is 9.98. The van der Waals surface area contributed by atoms with Crippen LogP contribution in [0, 0.1) is 0 Å². The Kier molecular flexibility index (Phi) is 2.25. The predicted octanol–water partition coefficient (Wildman–Crippen LogP) is 2.52. The van der Waals surface area contributed by atoms with E-state index in [1.165, 1.54) is 29.3 Å². The number of benzene rings is 1. The van der Waals surface area contributed by atoms with Crippen LogP contribution in [-0.2, 0) is 13.0 Å². The number of nitrogens with zero attached hydrogens (tertiary/aromatic N) is 2. The average molecular weight is 214 g/mol. The summed E-state index contributed by atoms with van der Waals surface area (Å²) >= 11 is 0. The molecule has 1 aliphatic heterocycles. The molecule has 0 amide bonds. The molecule has 2 nitrogen and oxygen atoms in total. The summed E-state index contributed by atoms with van der Waals surface area (Å²) < 4.78 is 2.42. The van der Waals surface area contributed by atoms with Crippen LogP contribution in [0.4, 0.5) is 0 Å². The smallest absolute Gasteiger partial charge is 0.0513 e. The third-order valence-electron chi connectivity index (χ3n) is 3.76. The van der Waals surface area contributed by atoms with E-state index in [1.54, 1.807) is 0 Å². The van der Waals surface area contributed by atoms with Crippen molar-refractivity contribution in [2.45, 2.75) is 25.4 Å². The zero-order valence-corrected chi connectivity index (χ0v) is 9.98. The molecule has 1 aliphatic rings. The molecule has 2 heterocycles. The monoisotopic (exact) mass is 214 g/mol. The second-order valence-electron chi connectivity index (χ2n) is 4.98.